The second kappa shape index (κ2) is 11.5. The molecule has 2 atom stereocenters. The Morgan fingerprint density at radius 1 is 0.791 bits per heavy atom. The van der Waals surface area contributed by atoms with Crippen molar-refractivity contribution in [3.8, 4) is 11.1 Å². The summed E-state index contributed by atoms with van der Waals surface area (Å²) in [6, 6.07) is 28.1. The van der Waals surface area contributed by atoms with Crippen molar-refractivity contribution in [3.05, 3.63) is 149 Å². The van der Waals surface area contributed by atoms with Crippen LogP contribution in [-0.2, 0) is 0 Å². The summed E-state index contributed by atoms with van der Waals surface area (Å²) in [6.45, 7) is 4.44. The van der Waals surface area contributed by atoms with E-state index in [1.165, 1.54) is 44.3 Å². The van der Waals surface area contributed by atoms with Crippen molar-refractivity contribution >= 4 is 28.0 Å². The monoisotopic (exact) mass is 559 g/mol. The summed E-state index contributed by atoms with van der Waals surface area (Å²) in [7, 11) is 2.21. The topological polar surface area (TPSA) is 28.5 Å². The molecular formula is C40H37N3. The predicted molar refractivity (Wildman–Crippen MR) is 182 cm³/mol. The Bertz CT molecular complexity index is 1880. The standard InChI is InChI=1S/C40H37N3/c1-27-14-10-11-19-33(27)38-28(2)39(41-35-21-13-12-20-34(35)38)31-22-24-32(25-23-31)40-42-36(29-15-6-4-7-16-29)26-37(43(40)3)30-17-8-5-9-18-30/h4-17,19-22,24,26,30,37H,18,23,25H2,1-3H3. The Labute approximate surface area is 255 Å². The molecule has 0 fully saturated rings. The van der Waals surface area contributed by atoms with Crippen LogP contribution in [0.2, 0.25) is 0 Å². The van der Waals surface area contributed by atoms with Crippen molar-refractivity contribution in [1.82, 2.24) is 9.88 Å². The average molecular weight is 560 g/mol. The van der Waals surface area contributed by atoms with Gasteiger partial charge in [-0.3, -0.25) is 0 Å². The first-order valence-corrected chi connectivity index (χ1v) is 15.4. The number of pyridine rings is 1. The van der Waals surface area contributed by atoms with Gasteiger partial charge in [-0.05, 0) is 84.2 Å². The van der Waals surface area contributed by atoms with Gasteiger partial charge in [-0.1, -0.05) is 109 Å². The number of likely N-dealkylation sites (N-methyl/N-ethyl adjacent to an activating group) is 1. The van der Waals surface area contributed by atoms with Crippen molar-refractivity contribution in [2.45, 2.75) is 39.2 Å². The lowest BCUT2D eigenvalue weighted by Crippen LogP contribution is -2.43. The van der Waals surface area contributed by atoms with E-state index < -0.39 is 0 Å². The summed E-state index contributed by atoms with van der Waals surface area (Å²) in [5.41, 5.74) is 12.1. The maximum atomic E-state index is 5.27. The molecule has 43 heavy (non-hydrogen) atoms. The number of aryl methyl sites for hydroxylation is 1. The summed E-state index contributed by atoms with van der Waals surface area (Å²) < 4.78 is 0. The maximum absolute atomic E-state index is 5.27. The van der Waals surface area contributed by atoms with Gasteiger partial charge in [-0.25, -0.2) is 9.98 Å². The second-order valence-electron chi connectivity index (χ2n) is 11.8. The number of rotatable bonds is 5. The van der Waals surface area contributed by atoms with Crippen LogP contribution in [-0.4, -0.2) is 28.8 Å². The fraction of sp³-hybridized carbons (Fsp3) is 0.200. The zero-order valence-corrected chi connectivity index (χ0v) is 25.2. The number of hydrogen-bond donors (Lipinski definition) is 0. The van der Waals surface area contributed by atoms with E-state index in [0.29, 0.717) is 5.92 Å². The molecule has 0 saturated heterocycles. The first-order valence-electron chi connectivity index (χ1n) is 15.4. The van der Waals surface area contributed by atoms with Crippen molar-refractivity contribution in [2.24, 2.45) is 10.9 Å². The fourth-order valence-electron chi connectivity index (χ4n) is 6.82. The second-order valence-corrected chi connectivity index (χ2v) is 11.8. The largest absolute Gasteiger partial charge is 0.352 e. The summed E-state index contributed by atoms with van der Waals surface area (Å²) in [5.74, 6) is 1.49. The van der Waals surface area contributed by atoms with E-state index in [2.05, 4.69) is 147 Å². The van der Waals surface area contributed by atoms with Crippen molar-refractivity contribution in [1.29, 1.82) is 0 Å². The summed E-state index contributed by atoms with van der Waals surface area (Å²) >= 11 is 0. The molecule has 7 rings (SSSR count). The van der Waals surface area contributed by atoms with Gasteiger partial charge >= 0.3 is 0 Å². The third-order valence-corrected chi connectivity index (χ3v) is 9.15. The van der Waals surface area contributed by atoms with E-state index in [4.69, 9.17) is 9.98 Å². The highest BCUT2D eigenvalue weighted by atomic mass is 15.2. The maximum Gasteiger partial charge on any atom is 0.132 e. The first-order chi connectivity index (χ1) is 21.1. The van der Waals surface area contributed by atoms with Crippen LogP contribution < -0.4 is 0 Å². The Hall–Kier alpha value is -4.76. The number of aliphatic imine (C=N–C) groups is 1. The SMILES string of the molecule is Cc1ccccc1-c1c(C)c(C2=CC=C(C3=NC(c4ccccc4)=CC(C4C=CC=CC4)N3C)CC2)nc2ccccc12. The quantitative estimate of drug-likeness (QED) is 0.244. The molecule has 0 radical (unpaired) electrons. The highest BCUT2D eigenvalue weighted by Gasteiger charge is 2.30. The van der Waals surface area contributed by atoms with Gasteiger partial charge in [-0.15, -0.1) is 0 Å². The average Bonchev–Trinajstić information content (AvgIpc) is 3.06. The molecule has 3 heteroatoms. The highest BCUT2D eigenvalue weighted by Crippen LogP contribution is 2.39. The summed E-state index contributed by atoms with van der Waals surface area (Å²) in [5, 5.41) is 1.21. The Kier molecular flexibility index (Phi) is 7.24. The molecule has 0 saturated carbocycles. The van der Waals surface area contributed by atoms with E-state index in [1.54, 1.807) is 0 Å². The third-order valence-electron chi connectivity index (χ3n) is 9.15. The van der Waals surface area contributed by atoms with Gasteiger partial charge in [0.05, 0.1) is 22.9 Å². The number of nitrogens with zero attached hydrogens (tertiary/aromatic N) is 3. The molecule has 0 N–H and O–H groups in total. The summed E-state index contributed by atoms with van der Waals surface area (Å²) in [6.07, 6.45) is 18.8. The first kappa shape index (κ1) is 27.1. The van der Waals surface area contributed by atoms with Crippen molar-refractivity contribution in [2.75, 3.05) is 7.05 Å². The molecule has 0 bridgehead atoms. The highest BCUT2D eigenvalue weighted by molar-refractivity contribution is 6.04. The van der Waals surface area contributed by atoms with Crippen LogP contribution in [0.15, 0.2) is 132 Å². The Morgan fingerprint density at radius 3 is 2.30 bits per heavy atom. The fourth-order valence-corrected chi connectivity index (χ4v) is 6.82. The van der Waals surface area contributed by atoms with E-state index in [-0.39, 0.29) is 6.04 Å². The molecule has 2 heterocycles. The van der Waals surface area contributed by atoms with E-state index in [0.717, 1.165) is 42.0 Å². The number of amidine groups is 1. The normalized spacial score (nSPS) is 20.0. The van der Waals surface area contributed by atoms with Crippen LogP contribution >= 0.6 is 0 Å². The zero-order chi connectivity index (χ0) is 29.3. The van der Waals surface area contributed by atoms with Gasteiger partial charge in [0, 0.05) is 18.4 Å². The Balaban J connectivity index is 1.29. The van der Waals surface area contributed by atoms with Crippen LogP contribution in [0.5, 0.6) is 0 Å². The van der Waals surface area contributed by atoms with Gasteiger partial charge in [0.25, 0.3) is 0 Å². The minimum atomic E-state index is 0.247. The van der Waals surface area contributed by atoms with Gasteiger partial charge in [0.1, 0.15) is 5.84 Å². The van der Waals surface area contributed by atoms with Crippen LogP contribution in [0.4, 0.5) is 0 Å². The van der Waals surface area contributed by atoms with Gasteiger partial charge in [-0.2, -0.15) is 0 Å². The minimum Gasteiger partial charge on any atom is -0.352 e. The predicted octanol–water partition coefficient (Wildman–Crippen LogP) is 9.51. The number of aromatic nitrogens is 1. The van der Waals surface area contributed by atoms with Crippen LogP contribution in [0.3, 0.4) is 0 Å². The van der Waals surface area contributed by atoms with Crippen molar-refractivity contribution < 1.29 is 0 Å². The van der Waals surface area contributed by atoms with E-state index in [1.807, 2.05) is 0 Å². The molecule has 0 amide bonds. The summed E-state index contributed by atoms with van der Waals surface area (Å²) in [4.78, 5) is 12.9. The molecular weight excluding hydrogens is 522 g/mol. The molecule has 3 aliphatic rings. The van der Waals surface area contributed by atoms with E-state index >= 15 is 0 Å². The van der Waals surface area contributed by atoms with Crippen LogP contribution in [0, 0.1) is 19.8 Å². The number of allylic oxidation sites excluding steroid dienone is 6. The van der Waals surface area contributed by atoms with Crippen molar-refractivity contribution in [3.63, 3.8) is 0 Å². The lowest BCUT2D eigenvalue weighted by atomic mass is 9.86. The molecule has 3 nitrogen and oxygen atoms in total. The van der Waals surface area contributed by atoms with Gasteiger partial charge < -0.3 is 4.90 Å². The Morgan fingerprint density at radius 2 is 1.53 bits per heavy atom. The lowest BCUT2D eigenvalue weighted by molar-refractivity contribution is 0.344. The van der Waals surface area contributed by atoms with E-state index in [9.17, 15) is 0 Å². The third kappa shape index (κ3) is 5.10. The zero-order valence-electron chi connectivity index (χ0n) is 25.2. The molecule has 1 aliphatic heterocycles. The smallest absolute Gasteiger partial charge is 0.132 e. The van der Waals surface area contributed by atoms with Crippen LogP contribution in [0.25, 0.3) is 33.3 Å². The molecule has 2 unspecified atom stereocenters. The molecule has 0 spiro atoms. The molecule has 212 valence electrons. The number of fused-ring (bicyclic) bond motifs is 1. The molecule has 1 aromatic heterocycles. The number of hydrogen-bond acceptors (Lipinski definition) is 3. The van der Waals surface area contributed by atoms with Crippen LogP contribution in [0.1, 0.15) is 41.6 Å². The molecule has 2 aliphatic carbocycles. The number of para-hydroxylation sites is 1. The molecule has 3 aromatic carbocycles. The van der Waals surface area contributed by atoms with Gasteiger partial charge in [0.2, 0.25) is 0 Å². The van der Waals surface area contributed by atoms with Gasteiger partial charge in [0.15, 0.2) is 0 Å². The lowest BCUT2D eigenvalue weighted by Gasteiger charge is -2.38. The number of benzene rings is 3. The minimum absolute atomic E-state index is 0.247. The molecule has 4 aromatic rings.